The molecule has 4 fully saturated rings. The number of amides is 3. The third-order valence-electron chi connectivity index (χ3n) is 7.23. The molecular formula is C21H20N4O4. The van der Waals surface area contributed by atoms with Crippen LogP contribution in [0.2, 0.25) is 0 Å². The van der Waals surface area contributed by atoms with Crippen LogP contribution in [0.25, 0.3) is 0 Å². The highest BCUT2D eigenvalue weighted by Gasteiger charge is 2.55. The average Bonchev–Trinajstić information content (AvgIpc) is 3.23. The number of hydrogen-bond donors (Lipinski definition) is 1. The molecule has 0 saturated heterocycles. The topological polar surface area (TPSA) is 105 Å². The van der Waals surface area contributed by atoms with Crippen LogP contribution in [0.5, 0.6) is 0 Å². The smallest absolute Gasteiger partial charge is 0.267 e. The van der Waals surface area contributed by atoms with Gasteiger partial charge in [0.15, 0.2) is 0 Å². The van der Waals surface area contributed by atoms with Crippen LogP contribution >= 0.6 is 0 Å². The molecule has 4 saturated carbocycles. The predicted molar refractivity (Wildman–Crippen MR) is 101 cm³/mol. The van der Waals surface area contributed by atoms with E-state index in [0.717, 1.165) is 24.2 Å². The summed E-state index contributed by atoms with van der Waals surface area (Å²) in [7, 11) is 0. The van der Waals surface area contributed by atoms with Crippen LogP contribution in [0.4, 0.5) is 11.6 Å². The number of carbonyl (C=O) groups is 3. The van der Waals surface area contributed by atoms with E-state index in [1.165, 1.54) is 19.3 Å². The van der Waals surface area contributed by atoms with Gasteiger partial charge in [0.2, 0.25) is 17.5 Å². The van der Waals surface area contributed by atoms with E-state index in [4.69, 9.17) is 4.63 Å². The standard InChI is InChI=1S/C21H20N4O4/c26-18-14-3-1-2-4-15(14)19(27)25(18)17-16(23-29-24-17)22-20(28)21-8-11-5-12(9-21)7-13(6-11)10-21/h1-4,11-13H,5-10H2,(H,22,23,28). The van der Waals surface area contributed by atoms with Crippen molar-refractivity contribution in [2.45, 2.75) is 38.5 Å². The van der Waals surface area contributed by atoms with Crippen LogP contribution in [-0.2, 0) is 4.79 Å². The van der Waals surface area contributed by atoms with Gasteiger partial charge in [-0.2, -0.15) is 0 Å². The van der Waals surface area contributed by atoms with Gasteiger partial charge in [-0.25, -0.2) is 9.53 Å². The summed E-state index contributed by atoms with van der Waals surface area (Å²) in [6, 6.07) is 6.59. The third kappa shape index (κ3) is 2.34. The fourth-order valence-corrected chi connectivity index (χ4v) is 6.42. The first-order valence-corrected chi connectivity index (χ1v) is 10.2. The van der Waals surface area contributed by atoms with Crippen molar-refractivity contribution in [1.29, 1.82) is 0 Å². The number of fused-ring (bicyclic) bond motifs is 1. The van der Waals surface area contributed by atoms with Gasteiger partial charge < -0.3 is 5.32 Å². The lowest BCUT2D eigenvalue weighted by Gasteiger charge is -2.55. The van der Waals surface area contributed by atoms with Gasteiger partial charge in [-0.15, -0.1) is 0 Å². The van der Waals surface area contributed by atoms with Gasteiger partial charge in [0.1, 0.15) is 0 Å². The first-order chi connectivity index (χ1) is 14.0. The normalized spacial score (nSPS) is 32.0. The van der Waals surface area contributed by atoms with E-state index in [0.29, 0.717) is 28.9 Å². The Bertz CT molecular complexity index is 988. The number of imide groups is 1. The number of anilines is 2. The minimum atomic E-state index is -0.494. The van der Waals surface area contributed by atoms with Crippen LogP contribution in [0.15, 0.2) is 28.9 Å². The van der Waals surface area contributed by atoms with E-state index in [1.54, 1.807) is 24.3 Å². The number of benzene rings is 1. The number of hydrogen-bond acceptors (Lipinski definition) is 6. The van der Waals surface area contributed by atoms with Gasteiger partial charge in [-0.1, -0.05) is 12.1 Å². The summed E-state index contributed by atoms with van der Waals surface area (Å²) >= 11 is 0. The van der Waals surface area contributed by atoms with E-state index in [-0.39, 0.29) is 23.0 Å². The lowest BCUT2D eigenvalue weighted by atomic mass is 9.49. The predicted octanol–water partition coefficient (Wildman–Crippen LogP) is 3.03. The van der Waals surface area contributed by atoms with Crippen molar-refractivity contribution < 1.29 is 19.0 Å². The van der Waals surface area contributed by atoms with Gasteiger partial charge in [-0.3, -0.25) is 14.4 Å². The van der Waals surface area contributed by atoms with Crippen LogP contribution in [0.1, 0.15) is 59.2 Å². The molecule has 2 aromatic rings. The number of nitrogens with zero attached hydrogens (tertiary/aromatic N) is 3. The van der Waals surface area contributed by atoms with E-state index in [2.05, 4.69) is 15.6 Å². The van der Waals surface area contributed by atoms with E-state index >= 15 is 0 Å². The Morgan fingerprint density at radius 2 is 1.52 bits per heavy atom. The van der Waals surface area contributed by atoms with Crippen molar-refractivity contribution in [3.63, 3.8) is 0 Å². The number of nitrogens with one attached hydrogen (secondary N) is 1. The van der Waals surface area contributed by atoms with Gasteiger partial charge >= 0.3 is 0 Å². The van der Waals surface area contributed by atoms with Gasteiger partial charge in [0.25, 0.3) is 11.8 Å². The van der Waals surface area contributed by atoms with Crippen LogP contribution < -0.4 is 10.2 Å². The minimum absolute atomic E-state index is 0.0280. The van der Waals surface area contributed by atoms with Crippen molar-refractivity contribution >= 4 is 29.4 Å². The maximum atomic E-state index is 13.3. The zero-order chi connectivity index (χ0) is 19.8. The van der Waals surface area contributed by atoms with Gasteiger partial charge in [0.05, 0.1) is 16.5 Å². The molecule has 0 spiro atoms. The molecule has 1 aromatic heterocycles. The minimum Gasteiger partial charge on any atom is -0.304 e. The van der Waals surface area contributed by atoms with Crippen LogP contribution in [0, 0.1) is 23.2 Å². The summed E-state index contributed by atoms with van der Waals surface area (Å²) < 4.78 is 4.81. The maximum absolute atomic E-state index is 13.3. The van der Waals surface area contributed by atoms with Gasteiger partial charge in [-0.05, 0) is 78.7 Å². The Kier molecular flexibility index (Phi) is 3.34. The fraction of sp³-hybridized carbons (Fsp3) is 0.476. The molecule has 7 rings (SSSR count). The molecule has 1 aromatic carbocycles. The molecule has 0 radical (unpaired) electrons. The highest BCUT2D eigenvalue weighted by molar-refractivity contribution is 6.34. The summed E-state index contributed by atoms with van der Waals surface area (Å²) in [6.07, 6.45) is 6.41. The molecule has 5 aliphatic rings. The Labute approximate surface area is 166 Å². The monoisotopic (exact) mass is 392 g/mol. The third-order valence-corrected chi connectivity index (χ3v) is 7.23. The summed E-state index contributed by atoms with van der Waals surface area (Å²) in [5.74, 6) is 0.757. The zero-order valence-electron chi connectivity index (χ0n) is 15.8. The summed E-state index contributed by atoms with van der Waals surface area (Å²) in [5.41, 5.74) is 0.227. The Morgan fingerprint density at radius 3 is 2.07 bits per heavy atom. The second kappa shape index (κ2) is 5.75. The van der Waals surface area contributed by atoms with Crippen LogP contribution in [0.3, 0.4) is 0 Å². The van der Waals surface area contributed by atoms with Crippen molar-refractivity contribution in [3.8, 4) is 0 Å². The molecule has 148 valence electrons. The second-order valence-corrected chi connectivity index (χ2v) is 9.08. The fourth-order valence-electron chi connectivity index (χ4n) is 6.42. The molecule has 1 N–H and O–H groups in total. The molecule has 1 aliphatic heterocycles. The molecule has 8 heteroatoms. The zero-order valence-corrected chi connectivity index (χ0v) is 15.8. The Morgan fingerprint density at radius 1 is 0.966 bits per heavy atom. The molecular weight excluding hydrogens is 372 g/mol. The first-order valence-electron chi connectivity index (χ1n) is 10.2. The SMILES string of the molecule is O=C1c2ccccc2C(=O)N1c1nonc1NC(=O)C12CC3CC(CC(C3)C1)C2. The molecule has 0 unspecified atom stereocenters. The summed E-state index contributed by atoms with van der Waals surface area (Å²) in [5, 5.41) is 10.4. The molecule has 4 aliphatic carbocycles. The molecule has 3 amide bonds. The number of rotatable bonds is 3. The van der Waals surface area contributed by atoms with Crippen molar-refractivity contribution in [2.24, 2.45) is 23.2 Å². The Balaban J connectivity index is 1.29. The first kappa shape index (κ1) is 16.9. The number of carbonyl (C=O) groups excluding carboxylic acids is 3. The summed E-state index contributed by atoms with van der Waals surface area (Å²) in [4.78, 5) is 39.7. The largest absolute Gasteiger partial charge is 0.304 e. The average molecular weight is 392 g/mol. The quantitative estimate of drug-likeness (QED) is 0.805. The molecule has 2 heterocycles. The summed E-state index contributed by atoms with van der Waals surface area (Å²) in [6.45, 7) is 0. The highest BCUT2D eigenvalue weighted by Crippen LogP contribution is 2.60. The Hall–Kier alpha value is -3.03. The molecule has 8 nitrogen and oxygen atoms in total. The van der Waals surface area contributed by atoms with Crippen molar-refractivity contribution in [2.75, 3.05) is 10.2 Å². The lowest BCUT2D eigenvalue weighted by Crippen LogP contribution is -2.51. The van der Waals surface area contributed by atoms with Crippen molar-refractivity contribution in [1.82, 2.24) is 10.3 Å². The molecule has 29 heavy (non-hydrogen) atoms. The number of aromatic nitrogens is 2. The lowest BCUT2D eigenvalue weighted by molar-refractivity contribution is -0.140. The van der Waals surface area contributed by atoms with E-state index < -0.39 is 11.8 Å². The van der Waals surface area contributed by atoms with Gasteiger partial charge in [0, 0.05) is 0 Å². The van der Waals surface area contributed by atoms with E-state index in [1.807, 2.05) is 0 Å². The second-order valence-electron chi connectivity index (χ2n) is 9.08. The van der Waals surface area contributed by atoms with Crippen LogP contribution in [-0.4, -0.2) is 28.0 Å². The highest BCUT2D eigenvalue weighted by atomic mass is 16.6. The molecule has 4 bridgehead atoms. The molecule has 0 atom stereocenters. The van der Waals surface area contributed by atoms with Crippen molar-refractivity contribution in [3.05, 3.63) is 35.4 Å². The maximum Gasteiger partial charge on any atom is 0.267 e. The van der Waals surface area contributed by atoms with E-state index in [9.17, 15) is 14.4 Å².